The molecule has 4 heterocycles. The smallest absolute Gasteiger partial charge is 0.262 e. The van der Waals surface area contributed by atoms with Gasteiger partial charge in [0.05, 0.1) is 23.6 Å². The van der Waals surface area contributed by atoms with Crippen LogP contribution in [-0.2, 0) is 13.0 Å². The number of ether oxygens (including phenoxy) is 2. The van der Waals surface area contributed by atoms with E-state index in [1.165, 1.54) is 4.88 Å². The van der Waals surface area contributed by atoms with Gasteiger partial charge in [0.2, 0.25) is 0 Å². The van der Waals surface area contributed by atoms with Crippen LogP contribution in [0.25, 0.3) is 21.9 Å². The fourth-order valence-electron chi connectivity index (χ4n) is 3.71. The molecule has 5 rings (SSSR count). The first-order valence-corrected chi connectivity index (χ1v) is 10.7. The second-order valence-electron chi connectivity index (χ2n) is 6.98. The lowest BCUT2D eigenvalue weighted by molar-refractivity contribution is 0.297. The fraction of sp³-hybridized carbons (Fsp3) is 0.333. The number of thiophene rings is 1. The molecule has 144 valence electrons. The third-order valence-electron chi connectivity index (χ3n) is 5.11. The lowest BCUT2D eigenvalue weighted by Gasteiger charge is -2.10. The standard InChI is InChI=1S/C21H19ClN2O3S/c1-2-14-11-15-20(28-14)23-19-13(4-5-24(19)21(15)25)8-12-9-16(22)18-17(10-12)26-6-3-7-27-18/h8-11H,2-7H2,1H3/b13-8+. The van der Waals surface area contributed by atoms with Crippen molar-refractivity contribution in [2.45, 2.75) is 32.7 Å². The molecule has 2 aliphatic rings. The Balaban J connectivity index is 1.60. The van der Waals surface area contributed by atoms with Crippen LogP contribution >= 0.6 is 22.9 Å². The Bertz CT molecular complexity index is 1180. The number of aromatic nitrogens is 2. The second-order valence-corrected chi connectivity index (χ2v) is 8.50. The Morgan fingerprint density at radius 2 is 2.14 bits per heavy atom. The Labute approximate surface area is 171 Å². The van der Waals surface area contributed by atoms with Crippen molar-refractivity contribution in [1.29, 1.82) is 0 Å². The monoisotopic (exact) mass is 414 g/mol. The van der Waals surface area contributed by atoms with Gasteiger partial charge in [-0.15, -0.1) is 11.3 Å². The van der Waals surface area contributed by atoms with Crippen LogP contribution in [0, 0.1) is 0 Å². The van der Waals surface area contributed by atoms with Crippen molar-refractivity contribution in [2.24, 2.45) is 0 Å². The molecule has 3 aromatic rings. The predicted octanol–water partition coefficient (Wildman–Crippen LogP) is 4.78. The molecule has 0 fully saturated rings. The van der Waals surface area contributed by atoms with Crippen LogP contribution in [0.1, 0.15) is 36.0 Å². The largest absolute Gasteiger partial charge is 0.489 e. The number of hydrogen-bond donors (Lipinski definition) is 0. The van der Waals surface area contributed by atoms with Crippen LogP contribution in [0.4, 0.5) is 0 Å². The zero-order chi connectivity index (χ0) is 19.3. The third-order valence-corrected chi connectivity index (χ3v) is 6.56. The first-order valence-electron chi connectivity index (χ1n) is 9.47. The summed E-state index contributed by atoms with van der Waals surface area (Å²) >= 11 is 8.02. The molecule has 1 aromatic carbocycles. The summed E-state index contributed by atoms with van der Waals surface area (Å²) in [5, 5.41) is 1.27. The van der Waals surface area contributed by atoms with Crippen LogP contribution < -0.4 is 15.0 Å². The summed E-state index contributed by atoms with van der Waals surface area (Å²) in [7, 11) is 0. The number of rotatable bonds is 2. The van der Waals surface area contributed by atoms with Crippen molar-refractivity contribution in [2.75, 3.05) is 13.2 Å². The molecule has 7 heteroatoms. The molecule has 2 aromatic heterocycles. The summed E-state index contributed by atoms with van der Waals surface area (Å²) in [5.41, 5.74) is 2.01. The van der Waals surface area contributed by atoms with E-state index in [0.29, 0.717) is 36.3 Å². The zero-order valence-corrected chi connectivity index (χ0v) is 17.0. The molecule has 0 N–H and O–H groups in total. The van der Waals surface area contributed by atoms with E-state index >= 15 is 0 Å². The number of halogens is 1. The highest BCUT2D eigenvalue weighted by Crippen LogP contribution is 2.39. The van der Waals surface area contributed by atoms with Gasteiger partial charge in [-0.3, -0.25) is 9.36 Å². The average molecular weight is 415 g/mol. The molecule has 0 atom stereocenters. The van der Waals surface area contributed by atoms with Crippen LogP contribution in [0.2, 0.25) is 5.02 Å². The van der Waals surface area contributed by atoms with E-state index in [1.807, 2.05) is 24.3 Å². The highest BCUT2D eigenvalue weighted by Gasteiger charge is 2.23. The van der Waals surface area contributed by atoms with Gasteiger partial charge in [0.1, 0.15) is 10.7 Å². The minimum Gasteiger partial charge on any atom is -0.489 e. The molecule has 0 spiro atoms. The van der Waals surface area contributed by atoms with Gasteiger partial charge in [0.15, 0.2) is 11.5 Å². The Hall–Kier alpha value is -2.31. The number of nitrogens with zero attached hydrogens (tertiary/aromatic N) is 2. The maximum Gasteiger partial charge on any atom is 0.262 e. The van der Waals surface area contributed by atoms with Gasteiger partial charge in [-0.1, -0.05) is 18.5 Å². The molecule has 5 nitrogen and oxygen atoms in total. The van der Waals surface area contributed by atoms with Gasteiger partial charge in [-0.25, -0.2) is 4.98 Å². The Morgan fingerprint density at radius 1 is 1.29 bits per heavy atom. The van der Waals surface area contributed by atoms with Gasteiger partial charge >= 0.3 is 0 Å². The van der Waals surface area contributed by atoms with Crippen LogP contribution in [0.3, 0.4) is 0 Å². The summed E-state index contributed by atoms with van der Waals surface area (Å²) in [6.07, 6.45) is 4.56. The Morgan fingerprint density at radius 3 is 3.00 bits per heavy atom. The van der Waals surface area contributed by atoms with Gasteiger partial charge in [-0.05, 0) is 48.3 Å². The number of fused-ring (bicyclic) bond motifs is 3. The van der Waals surface area contributed by atoms with Gasteiger partial charge in [-0.2, -0.15) is 0 Å². The average Bonchev–Trinajstić information content (AvgIpc) is 3.19. The van der Waals surface area contributed by atoms with E-state index in [4.69, 9.17) is 26.1 Å². The molecule has 2 aliphatic heterocycles. The topological polar surface area (TPSA) is 53.4 Å². The van der Waals surface area contributed by atoms with E-state index < -0.39 is 0 Å². The summed E-state index contributed by atoms with van der Waals surface area (Å²) in [4.78, 5) is 19.7. The van der Waals surface area contributed by atoms with E-state index in [0.717, 1.165) is 46.4 Å². The van der Waals surface area contributed by atoms with Crippen molar-refractivity contribution in [1.82, 2.24) is 9.55 Å². The van der Waals surface area contributed by atoms with E-state index in [2.05, 4.69) is 6.92 Å². The first-order chi connectivity index (χ1) is 13.6. The minimum atomic E-state index is 0.0519. The SMILES string of the molecule is CCc1cc2c(=O)n3c(nc2s1)/C(=C/c1cc(Cl)c2c(c1)OCCCO2)CC3. The zero-order valence-electron chi connectivity index (χ0n) is 15.5. The van der Waals surface area contributed by atoms with Crippen molar-refractivity contribution < 1.29 is 9.47 Å². The first kappa shape index (κ1) is 17.8. The summed E-state index contributed by atoms with van der Waals surface area (Å²) in [6.45, 7) is 3.96. The van der Waals surface area contributed by atoms with Gasteiger partial charge < -0.3 is 9.47 Å². The number of allylic oxidation sites excluding steroid dienone is 1. The van der Waals surface area contributed by atoms with Crippen LogP contribution in [-0.4, -0.2) is 22.8 Å². The Kier molecular flexibility index (Phi) is 4.40. The molecule has 0 aliphatic carbocycles. The van der Waals surface area contributed by atoms with Crippen LogP contribution in [0.15, 0.2) is 23.0 Å². The van der Waals surface area contributed by atoms with E-state index in [1.54, 1.807) is 15.9 Å². The van der Waals surface area contributed by atoms with Crippen molar-refractivity contribution >= 4 is 44.8 Å². The highest BCUT2D eigenvalue weighted by molar-refractivity contribution is 7.18. The van der Waals surface area contributed by atoms with E-state index in [-0.39, 0.29) is 5.56 Å². The molecular formula is C21H19ClN2O3S. The van der Waals surface area contributed by atoms with Crippen molar-refractivity contribution in [3.63, 3.8) is 0 Å². The lowest BCUT2D eigenvalue weighted by Crippen LogP contribution is -2.19. The maximum atomic E-state index is 12.9. The minimum absolute atomic E-state index is 0.0519. The van der Waals surface area contributed by atoms with Crippen LogP contribution in [0.5, 0.6) is 11.5 Å². The number of aryl methyl sites for hydroxylation is 1. The molecule has 0 saturated heterocycles. The number of hydrogen-bond acceptors (Lipinski definition) is 5. The summed E-state index contributed by atoms with van der Waals surface area (Å²) < 4.78 is 13.3. The quantitative estimate of drug-likeness (QED) is 0.605. The molecule has 0 bridgehead atoms. The van der Waals surface area contributed by atoms with Gasteiger partial charge in [0.25, 0.3) is 5.56 Å². The van der Waals surface area contributed by atoms with E-state index in [9.17, 15) is 4.79 Å². The fourth-order valence-corrected chi connectivity index (χ4v) is 4.94. The summed E-state index contributed by atoms with van der Waals surface area (Å²) in [6, 6.07) is 5.80. The van der Waals surface area contributed by atoms with Crippen molar-refractivity contribution in [3.8, 4) is 11.5 Å². The third kappa shape index (κ3) is 2.91. The summed E-state index contributed by atoms with van der Waals surface area (Å²) in [5.74, 6) is 2.03. The molecular weight excluding hydrogens is 396 g/mol. The van der Waals surface area contributed by atoms with Crippen molar-refractivity contribution in [3.05, 3.63) is 49.8 Å². The molecule has 0 radical (unpaired) electrons. The lowest BCUT2D eigenvalue weighted by atomic mass is 10.1. The molecule has 0 saturated carbocycles. The molecule has 0 unspecified atom stereocenters. The second kappa shape index (κ2) is 6.94. The highest BCUT2D eigenvalue weighted by atomic mass is 35.5. The molecule has 28 heavy (non-hydrogen) atoms. The maximum absolute atomic E-state index is 12.9. The molecule has 0 amide bonds. The number of benzene rings is 1. The predicted molar refractivity (Wildman–Crippen MR) is 113 cm³/mol. The normalized spacial score (nSPS) is 17.1. The van der Waals surface area contributed by atoms with Gasteiger partial charge in [0, 0.05) is 17.8 Å².